The molecule has 23 heavy (non-hydrogen) atoms. The first-order valence-electron chi connectivity index (χ1n) is 6.66. The Morgan fingerprint density at radius 3 is 2.65 bits per heavy atom. The van der Waals surface area contributed by atoms with Gasteiger partial charge in [-0.1, -0.05) is 0 Å². The van der Waals surface area contributed by atoms with E-state index in [0.29, 0.717) is 6.01 Å². The molecule has 0 fully saturated rings. The van der Waals surface area contributed by atoms with Crippen LogP contribution in [0.15, 0.2) is 43.2 Å². The van der Waals surface area contributed by atoms with E-state index in [0.717, 1.165) is 26.2 Å². The van der Waals surface area contributed by atoms with Crippen LogP contribution in [0.2, 0.25) is 0 Å². The number of halogens is 1. The zero-order valence-corrected chi connectivity index (χ0v) is 14.1. The fourth-order valence-corrected chi connectivity index (χ4v) is 2.56. The molecule has 0 unspecified atom stereocenters. The Morgan fingerprint density at radius 2 is 1.87 bits per heavy atom. The van der Waals surface area contributed by atoms with E-state index in [1.165, 1.54) is 7.11 Å². The molecule has 0 bridgehead atoms. The highest BCUT2D eigenvalue weighted by Crippen LogP contribution is 2.21. The molecule has 0 aliphatic carbocycles. The maximum atomic E-state index is 4.97. The minimum atomic E-state index is 0.336. The lowest BCUT2D eigenvalue weighted by atomic mass is 10.2. The van der Waals surface area contributed by atoms with Crippen LogP contribution in [0.4, 0.5) is 0 Å². The largest absolute Gasteiger partial charge is 0.467 e. The number of fused-ring (bicyclic) bond motifs is 1. The predicted octanol–water partition coefficient (Wildman–Crippen LogP) is 1.99. The van der Waals surface area contributed by atoms with Crippen molar-refractivity contribution in [1.82, 2.24) is 34.3 Å². The molecule has 9 heteroatoms. The second-order valence-electron chi connectivity index (χ2n) is 4.68. The van der Waals surface area contributed by atoms with Crippen molar-refractivity contribution >= 4 is 28.2 Å². The van der Waals surface area contributed by atoms with Crippen molar-refractivity contribution in [2.75, 3.05) is 7.11 Å². The van der Waals surface area contributed by atoms with Crippen LogP contribution in [-0.4, -0.2) is 41.5 Å². The average molecular weight is 419 g/mol. The Hall–Kier alpha value is -2.56. The number of methoxy groups -OCH3 is 1. The molecule has 0 spiro atoms. The molecular formula is C14H10IN7O. The molecule has 0 amide bonds. The van der Waals surface area contributed by atoms with Crippen LogP contribution in [0.5, 0.6) is 6.01 Å². The summed E-state index contributed by atoms with van der Waals surface area (Å²) in [6.45, 7) is 0. The van der Waals surface area contributed by atoms with Crippen molar-refractivity contribution < 1.29 is 4.74 Å². The van der Waals surface area contributed by atoms with Crippen molar-refractivity contribution in [3.8, 4) is 22.8 Å². The molecule has 0 aliphatic rings. The van der Waals surface area contributed by atoms with Gasteiger partial charge in [-0.05, 0) is 28.7 Å². The molecule has 0 radical (unpaired) electrons. The molecular weight excluding hydrogens is 409 g/mol. The average Bonchev–Trinajstić information content (AvgIpc) is 3.21. The second-order valence-corrected chi connectivity index (χ2v) is 5.79. The zero-order valence-electron chi connectivity index (χ0n) is 12.0. The summed E-state index contributed by atoms with van der Waals surface area (Å²) < 4.78 is 9.32. The number of ether oxygens (including phenoxy) is 1. The van der Waals surface area contributed by atoms with E-state index in [1.807, 2.05) is 18.5 Å². The van der Waals surface area contributed by atoms with Crippen molar-refractivity contribution in [3.05, 3.63) is 46.9 Å². The molecule has 0 saturated heterocycles. The van der Waals surface area contributed by atoms with Crippen LogP contribution in [0.25, 0.3) is 22.5 Å². The molecule has 4 aromatic rings. The van der Waals surface area contributed by atoms with Gasteiger partial charge in [0.2, 0.25) is 0 Å². The second kappa shape index (κ2) is 5.57. The summed E-state index contributed by atoms with van der Waals surface area (Å²) >= 11 is 2.17. The third-order valence-corrected chi connectivity index (χ3v) is 3.89. The van der Waals surface area contributed by atoms with Crippen molar-refractivity contribution in [3.63, 3.8) is 0 Å². The third kappa shape index (κ3) is 2.52. The highest BCUT2D eigenvalue weighted by atomic mass is 127. The van der Waals surface area contributed by atoms with E-state index < -0.39 is 0 Å². The minimum absolute atomic E-state index is 0.336. The van der Waals surface area contributed by atoms with Gasteiger partial charge < -0.3 is 4.74 Å². The lowest BCUT2D eigenvalue weighted by Crippen LogP contribution is -1.97. The van der Waals surface area contributed by atoms with Crippen LogP contribution >= 0.6 is 22.6 Å². The third-order valence-electron chi connectivity index (χ3n) is 3.29. The van der Waals surface area contributed by atoms with Gasteiger partial charge in [-0.25, -0.2) is 24.1 Å². The Morgan fingerprint density at radius 1 is 1.04 bits per heavy atom. The van der Waals surface area contributed by atoms with Crippen LogP contribution in [0, 0.1) is 3.70 Å². The van der Waals surface area contributed by atoms with Gasteiger partial charge in [0.25, 0.3) is 0 Å². The van der Waals surface area contributed by atoms with Gasteiger partial charge in [0.1, 0.15) is 9.39 Å². The summed E-state index contributed by atoms with van der Waals surface area (Å²) in [5, 5.41) is 8.68. The van der Waals surface area contributed by atoms with Crippen molar-refractivity contribution in [1.29, 1.82) is 0 Å². The zero-order chi connectivity index (χ0) is 15.8. The summed E-state index contributed by atoms with van der Waals surface area (Å²) in [4.78, 5) is 12.7. The van der Waals surface area contributed by atoms with E-state index >= 15 is 0 Å². The lowest BCUT2D eigenvalue weighted by molar-refractivity contribution is 0.380. The summed E-state index contributed by atoms with van der Waals surface area (Å²) in [5.41, 5.74) is 3.32. The van der Waals surface area contributed by atoms with Gasteiger partial charge in [-0.3, -0.25) is 0 Å². The van der Waals surface area contributed by atoms with E-state index in [9.17, 15) is 0 Å². The normalized spacial score (nSPS) is 11.0. The molecule has 114 valence electrons. The lowest BCUT2D eigenvalue weighted by Gasteiger charge is -1.99. The van der Waals surface area contributed by atoms with Gasteiger partial charge in [0, 0.05) is 35.9 Å². The monoisotopic (exact) mass is 419 g/mol. The fourth-order valence-electron chi connectivity index (χ4n) is 2.17. The molecule has 4 heterocycles. The van der Waals surface area contributed by atoms with Gasteiger partial charge in [0.05, 0.1) is 19.5 Å². The summed E-state index contributed by atoms with van der Waals surface area (Å²) in [5.74, 6) is 0. The predicted molar refractivity (Wildman–Crippen MR) is 90.4 cm³/mol. The Bertz CT molecular complexity index is 976. The van der Waals surface area contributed by atoms with Crippen molar-refractivity contribution in [2.24, 2.45) is 0 Å². The molecule has 0 saturated carbocycles. The SMILES string of the molecule is COc1ncc(-c2cnn(-c3cnn4ccc(I)nc34)c2)cn1. The summed E-state index contributed by atoms with van der Waals surface area (Å²) in [7, 11) is 1.53. The maximum absolute atomic E-state index is 4.97. The quantitative estimate of drug-likeness (QED) is 0.373. The number of nitrogens with zero attached hydrogens (tertiary/aromatic N) is 7. The number of hydrogen-bond donors (Lipinski definition) is 0. The Balaban J connectivity index is 1.75. The van der Waals surface area contributed by atoms with Crippen LogP contribution in [-0.2, 0) is 0 Å². The standard InChI is InChI=1S/C14H10IN7O/c1-23-14-16-4-9(5-17-14)10-6-18-22(8-10)11-7-19-21-3-2-12(15)20-13(11)21/h2-8H,1H3. The highest BCUT2D eigenvalue weighted by molar-refractivity contribution is 14.1. The number of aromatic nitrogens is 7. The topological polar surface area (TPSA) is 83.0 Å². The Kier molecular flexibility index (Phi) is 3.41. The molecule has 4 aromatic heterocycles. The van der Waals surface area contributed by atoms with Gasteiger partial charge in [-0.15, -0.1) is 0 Å². The molecule has 0 aromatic carbocycles. The highest BCUT2D eigenvalue weighted by Gasteiger charge is 2.11. The summed E-state index contributed by atoms with van der Waals surface area (Å²) in [6.07, 6.45) is 10.6. The molecule has 0 aliphatic heterocycles. The fraction of sp³-hybridized carbons (Fsp3) is 0.0714. The number of rotatable bonds is 3. The van der Waals surface area contributed by atoms with Gasteiger partial charge >= 0.3 is 6.01 Å². The van der Waals surface area contributed by atoms with Crippen LogP contribution in [0.1, 0.15) is 0 Å². The smallest absolute Gasteiger partial charge is 0.316 e. The first-order chi connectivity index (χ1) is 11.2. The van der Waals surface area contributed by atoms with E-state index in [1.54, 1.807) is 34.0 Å². The molecule has 8 nitrogen and oxygen atoms in total. The molecule has 0 atom stereocenters. The van der Waals surface area contributed by atoms with Crippen molar-refractivity contribution in [2.45, 2.75) is 0 Å². The van der Waals surface area contributed by atoms with Crippen LogP contribution < -0.4 is 4.74 Å². The van der Waals surface area contributed by atoms with Gasteiger partial charge in [-0.2, -0.15) is 10.2 Å². The number of hydrogen-bond acceptors (Lipinski definition) is 6. The van der Waals surface area contributed by atoms with E-state index in [-0.39, 0.29) is 0 Å². The van der Waals surface area contributed by atoms with E-state index in [4.69, 9.17) is 4.74 Å². The van der Waals surface area contributed by atoms with Crippen LogP contribution in [0.3, 0.4) is 0 Å². The minimum Gasteiger partial charge on any atom is -0.467 e. The first kappa shape index (κ1) is 14.1. The van der Waals surface area contributed by atoms with E-state index in [2.05, 4.69) is 47.7 Å². The first-order valence-corrected chi connectivity index (χ1v) is 7.74. The molecule has 4 rings (SSSR count). The Labute approximate surface area is 144 Å². The van der Waals surface area contributed by atoms with Gasteiger partial charge in [0.15, 0.2) is 5.65 Å². The maximum Gasteiger partial charge on any atom is 0.316 e. The summed E-state index contributed by atoms with van der Waals surface area (Å²) in [6, 6.07) is 2.23. The molecule has 0 N–H and O–H groups in total.